The zero-order valence-corrected chi connectivity index (χ0v) is 10.3. The maximum absolute atomic E-state index is 8.71. The average molecular weight is 236 g/mol. The van der Waals surface area contributed by atoms with Gasteiger partial charge in [0.15, 0.2) is 0 Å². The van der Waals surface area contributed by atoms with Crippen molar-refractivity contribution in [3.05, 3.63) is 21.9 Å². The largest absolute Gasteiger partial charge is 0.374 e. The molecule has 0 saturated carbocycles. The maximum Gasteiger partial charge on any atom is 0.110 e. The second-order valence-corrected chi connectivity index (χ2v) is 5.55. The molecule has 0 spiro atoms. The van der Waals surface area contributed by atoms with Crippen LogP contribution in [0, 0.1) is 11.3 Å². The molecule has 1 saturated heterocycles. The van der Waals surface area contributed by atoms with Crippen LogP contribution in [0.3, 0.4) is 0 Å². The number of hydrogen-bond donors (Lipinski definition) is 1. The monoisotopic (exact) mass is 236 g/mol. The first-order valence-corrected chi connectivity index (χ1v) is 6.37. The standard InChI is InChI=1S/C12H16N2OS/c1-12(5-2-6-15-12)9-14-8-11-4-3-10(7-13)16-11/h3-4,14H,2,5-6,8-9H2,1H3. The number of hydrogen-bond acceptors (Lipinski definition) is 4. The van der Waals surface area contributed by atoms with E-state index in [4.69, 9.17) is 10.00 Å². The van der Waals surface area contributed by atoms with Gasteiger partial charge in [-0.2, -0.15) is 5.26 Å². The third-order valence-electron chi connectivity index (χ3n) is 2.87. The first kappa shape index (κ1) is 11.6. The summed E-state index contributed by atoms with van der Waals surface area (Å²) >= 11 is 1.55. The molecule has 2 rings (SSSR count). The lowest BCUT2D eigenvalue weighted by molar-refractivity contribution is 0.0207. The van der Waals surface area contributed by atoms with Crippen molar-refractivity contribution in [3.63, 3.8) is 0 Å². The number of rotatable bonds is 4. The van der Waals surface area contributed by atoms with Gasteiger partial charge in [0.1, 0.15) is 10.9 Å². The van der Waals surface area contributed by atoms with Crippen LogP contribution in [0.4, 0.5) is 0 Å². The molecule has 1 N–H and O–H groups in total. The summed E-state index contributed by atoms with van der Waals surface area (Å²) in [7, 11) is 0. The fourth-order valence-electron chi connectivity index (χ4n) is 1.96. The van der Waals surface area contributed by atoms with Crippen LogP contribution in [-0.4, -0.2) is 18.8 Å². The highest BCUT2D eigenvalue weighted by molar-refractivity contribution is 7.12. The highest BCUT2D eigenvalue weighted by Gasteiger charge is 2.28. The number of nitrogens with one attached hydrogen (secondary N) is 1. The van der Waals surface area contributed by atoms with E-state index in [1.54, 1.807) is 11.3 Å². The van der Waals surface area contributed by atoms with Crippen molar-refractivity contribution in [1.29, 1.82) is 5.26 Å². The number of nitrogens with zero attached hydrogens (tertiary/aromatic N) is 1. The van der Waals surface area contributed by atoms with Gasteiger partial charge in [0.2, 0.25) is 0 Å². The molecule has 0 bridgehead atoms. The third kappa shape index (κ3) is 2.82. The molecule has 1 aliphatic heterocycles. The van der Waals surface area contributed by atoms with Crippen LogP contribution in [0.2, 0.25) is 0 Å². The van der Waals surface area contributed by atoms with Crippen molar-refractivity contribution in [3.8, 4) is 6.07 Å². The second kappa shape index (κ2) is 4.96. The van der Waals surface area contributed by atoms with E-state index in [2.05, 4.69) is 18.3 Å². The van der Waals surface area contributed by atoms with E-state index < -0.39 is 0 Å². The van der Waals surface area contributed by atoms with Gasteiger partial charge in [0, 0.05) is 24.6 Å². The number of ether oxygens (including phenoxy) is 1. The van der Waals surface area contributed by atoms with Gasteiger partial charge < -0.3 is 10.1 Å². The van der Waals surface area contributed by atoms with Gasteiger partial charge in [-0.05, 0) is 31.9 Å². The molecule has 1 aliphatic rings. The lowest BCUT2D eigenvalue weighted by Crippen LogP contribution is -2.36. The lowest BCUT2D eigenvalue weighted by atomic mass is 10.0. The minimum absolute atomic E-state index is 0.00924. The van der Waals surface area contributed by atoms with Crippen molar-refractivity contribution in [2.24, 2.45) is 0 Å². The molecule has 4 heteroatoms. The zero-order chi connectivity index (χ0) is 11.4. The predicted molar refractivity (Wildman–Crippen MR) is 64.3 cm³/mol. The van der Waals surface area contributed by atoms with Crippen LogP contribution in [-0.2, 0) is 11.3 Å². The Balaban J connectivity index is 1.77. The van der Waals surface area contributed by atoms with Crippen molar-refractivity contribution in [1.82, 2.24) is 5.32 Å². The van der Waals surface area contributed by atoms with Gasteiger partial charge in [-0.1, -0.05) is 0 Å². The Hall–Kier alpha value is -0.890. The van der Waals surface area contributed by atoms with Crippen LogP contribution in [0.15, 0.2) is 12.1 Å². The summed E-state index contributed by atoms with van der Waals surface area (Å²) in [5.74, 6) is 0. The first-order valence-electron chi connectivity index (χ1n) is 5.55. The van der Waals surface area contributed by atoms with Gasteiger partial charge in [0.05, 0.1) is 5.60 Å². The molecule has 2 heterocycles. The van der Waals surface area contributed by atoms with E-state index >= 15 is 0 Å². The summed E-state index contributed by atoms with van der Waals surface area (Å²) in [4.78, 5) is 1.98. The molecule has 1 aromatic heterocycles. The summed E-state index contributed by atoms with van der Waals surface area (Å²) in [5.41, 5.74) is 0.00924. The highest BCUT2D eigenvalue weighted by Crippen LogP contribution is 2.24. The van der Waals surface area contributed by atoms with E-state index in [1.807, 2.05) is 12.1 Å². The Morgan fingerprint density at radius 3 is 3.12 bits per heavy atom. The van der Waals surface area contributed by atoms with Gasteiger partial charge in [-0.3, -0.25) is 0 Å². The number of nitriles is 1. The normalized spacial score (nSPS) is 24.5. The van der Waals surface area contributed by atoms with Gasteiger partial charge in [-0.25, -0.2) is 0 Å². The Morgan fingerprint density at radius 2 is 2.50 bits per heavy atom. The Labute approximate surface area is 100 Å². The Bertz CT molecular complexity index is 388. The van der Waals surface area contributed by atoms with Gasteiger partial charge in [-0.15, -0.1) is 11.3 Å². The number of thiophene rings is 1. The molecule has 0 amide bonds. The van der Waals surface area contributed by atoms with E-state index in [9.17, 15) is 0 Å². The van der Waals surface area contributed by atoms with Gasteiger partial charge >= 0.3 is 0 Å². The van der Waals surface area contributed by atoms with Crippen molar-refractivity contribution in [2.75, 3.05) is 13.2 Å². The summed E-state index contributed by atoms with van der Waals surface area (Å²) in [6.07, 6.45) is 2.30. The van der Waals surface area contributed by atoms with E-state index in [-0.39, 0.29) is 5.60 Å². The van der Waals surface area contributed by atoms with E-state index in [1.165, 1.54) is 4.88 Å². The average Bonchev–Trinajstić information content (AvgIpc) is 2.88. The van der Waals surface area contributed by atoms with Crippen molar-refractivity contribution in [2.45, 2.75) is 31.9 Å². The molecule has 86 valence electrons. The quantitative estimate of drug-likeness (QED) is 0.872. The molecule has 0 radical (unpaired) electrons. The summed E-state index contributed by atoms with van der Waals surface area (Å²) < 4.78 is 5.69. The molecule has 3 nitrogen and oxygen atoms in total. The summed E-state index contributed by atoms with van der Waals surface area (Å²) in [6, 6.07) is 6.03. The van der Waals surface area contributed by atoms with Crippen LogP contribution in [0.1, 0.15) is 29.5 Å². The van der Waals surface area contributed by atoms with Crippen LogP contribution in [0.5, 0.6) is 0 Å². The Kier molecular flexibility index (Phi) is 3.59. The fourth-order valence-corrected chi connectivity index (χ4v) is 2.73. The molecule has 1 unspecified atom stereocenters. The fraction of sp³-hybridized carbons (Fsp3) is 0.583. The summed E-state index contributed by atoms with van der Waals surface area (Å²) in [5, 5.41) is 12.1. The van der Waals surface area contributed by atoms with Crippen LogP contribution >= 0.6 is 11.3 Å². The molecule has 0 aromatic carbocycles. The van der Waals surface area contributed by atoms with Crippen LogP contribution in [0.25, 0.3) is 0 Å². The van der Waals surface area contributed by atoms with Crippen LogP contribution < -0.4 is 5.32 Å². The van der Waals surface area contributed by atoms with E-state index in [0.29, 0.717) is 0 Å². The molecule has 1 fully saturated rings. The predicted octanol–water partition coefficient (Wildman–Crippen LogP) is 2.28. The highest BCUT2D eigenvalue weighted by atomic mass is 32.1. The lowest BCUT2D eigenvalue weighted by Gasteiger charge is -2.23. The zero-order valence-electron chi connectivity index (χ0n) is 9.45. The first-order chi connectivity index (χ1) is 7.72. The van der Waals surface area contributed by atoms with Crippen molar-refractivity contribution >= 4 is 11.3 Å². The minimum atomic E-state index is 0.00924. The third-order valence-corrected chi connectivity index (χ3v) is 3.86. The molecule has 1 aromatic rings. The minimum Gasteiger partial charge on any atom is -0.374 e. The van der Waals surface area contributed by atoms with E-state index in [0.717, 1.165) is 37.4 Å². The second-order valence-electron chi connectivity index (χ2n) is 4.38. The van der Waals surface area contributed by atoms with Gasteiger partial charge in [0.25, 0.3) is 0 Å². The SMILES string of the molecule is CC1(CNCc2ccc(C#N)s2)CCCO1. The molecule has 1 atom stereocenters. The molecular formula is C12H16N2OS. The molecule has 0 aliphatic carbocycles. The smallest absolute Gasteiger partial charge is 0.110 e. The topological polar surface area (TPSA) is 45.0 Å². The molecule has 16 heavy (non-hydrogen) atoms. The maximum atomic E-state index is 8.71. The summed E-state index contributed by atoms with van der Waals surface area (Å²) in [6.45, 7) is 4.75. The van der Waals surface area contributed by atoms with Crippen molar-refractivity contribution < 1.29 is 4.74 Å². The molecular weight excluding hydrogens is 220 g/mol. The Morgan fingerprint density at radius 1 is 1.62 bits per heavy atom.